The predicted molar refractivity (Wildman–Crippen MR) is 134 cm³/mol. The third-order valence-electron chi connectivity index (χ3n) is 11.1. The minimum atomic E-state index is -0.267. The summed E-state index contributed by atoms with van der Waals surface area (Å²) >= 11 is 0. The van der Waals surface area contributed by atoms with E-state index in [-0.39, 0.29) is 34.2 Å². The lowest BCUT2D eigenvalue weighted by atomic mass is 9.44. The third kappa shape index (κ3) is 3.39. The van der Waals surface area contributed by atoms with Gasteiger partial charge in [-0.3, -0.25) is 9.59 Å². The fraction of sp³-hybridized carbons (Fsp3) is 0.733. The molecular weight excluding hydrogens is 408 g/mol. The van der Waals surface area contributed by atoms with Gasteiger partial charge in [-0.15, -0.1) is 0 Å². The van der Waals surface area contributed by atoms with Crippen molar-refractivity contribution in [2.45, 2.75) is 93.4 Å². The standard InChI is InChI=1S/C30H44O3/c1-19(18-31)8-10-24(32)20(2)21-12-16-30(7)23-9-11-25-27(3,4)26(33)14-15-28(25,5)22(23)13-17-29(21,30)6/h8-9,13,20-21,25,31H,10-12,14-18H2,1-7H3. The first-order valence-corrected chi connectivity index (χ1v) is 13.1. The van der Waals surface area contributed by atoms with E-state index in [1.807, 2.05) is 13.0 Å². The Morgan fingerprint density at radius 1 is 1.15 bits per heavy atom. The zero-order valence-corrected chi connectivity index (χ0v) is 21.9. The average Bonchev–Trinajstić information content (AvgIpc) is 3.05. The Labute approximate surface area is 200 Å². The molecule has 6 atom stereocenters. The third-order valence-corrected chi connectivity index (χ3v) is 11.1. The number of allylic oxidation sites excluding steroid dienone is 5. The molecule has 0 radical (unpaired) electrons. The van der Waals surface area contributed by atoms with Crippen molar-refractivity contribution in [3.8, 4) is 0 Å². The first-order valence-electron chi connectivity index (χ1n) is 13.1. The van der Waals surface area contributed by atoms with E-state index in [9.17, 15) is 14.7 Å². The van der Waals surface area contributed by atoms with E-state index in [0.29, 0.717) is 36.2 Å². The summed E-state index contributed by atoms with van der Waals surface area (Å²) in [5.74, 6) is 1.48. The number of fused-ring (bicyclic) bond motifs is 5. The maximum absolute atomic E-state index is 13.1. The van der Waals surface area contributed by atoms with Gasteiger partial charge in [0.05, 0.1) is 6.61 Å². The van der Waals surface area contributed by atoms with Crippen LogP contribution < -0.4 is 0 Å². The molecule has 33 heavy (non-hydrogen) atoms. The summed E-state index contributed by atoms with van der Waals surface area (Å²) < 4.78 is 0. The highest BCUT2D eigenvalue weighted by Gasteiger charge is 2.63. The van der Waals surface area contributed by atoms with Crippen LogP contribution in [0.2, 0.25) is 0 Å². The Kier molecular flexibility index (Phi) is 6.00. The van der Waals surface area contributed by atoms with Crippen LogP contribution in [-0.2, 0) is 9.59 Å². The van der Waals surface area contributed by atoms with Crippen LogP contribution in [0.15, 0.2) is 34.9 Å². The van der Waals surface area contributed by atoms with E-state index < -0.39 is 0 Å². The lowest BCUT2D eigenvalue weighted by Gasteiger charge is -2.59. The minimum Gasteiger partial charge on any atom is -0.392 e. The maximum Gasteiger partial charge on any atom is 0.139 e. The van der Waals surface area contributed by atoms with E-state index in [1.165, 1.54) is 11.1 Å². The molecule has 3 heteroatoms. The molecule has 0 aliphatic heterocycles. The molecule has 4 rings (SSSR count). The summed E-state index contributed by atoms with van der Waals surface area (Å²) in [6.45, 7) is 15.7. The van der Waals surface area contributed by atoms with Crippen molar-refractivity contribution in [3.63, 3.8) is 0 Å². The molecule has 2 saturated carbocycles. The predicted octanol–water partition coefficient (Wildman–Crippen LogP) is 6.61. The van der Waals surface area contributed by atoms with Gasteiger partial charge in [-0.2, -0.15) is 0 Å². The second-order valence-electron chi connectivity index (χ2n) is 12.9. The van der Waals surface area contributed by atoms with E-state index in [4.69, 9.17) is 0 Å². The quantitative estimate of drug-likeness (QED) is 0.477. The zero-order valence-electron chi connectivity index (χ0n) is 21.9. The van der Waals surface area contributed by atoms with E-state index in [0.717, 1.165) is 37.7 Å². The number of hydrogen-bond donors (Lipinski definition) is 1. The van der Waals surface area contributed by atoms with Gasteiger partial charge in [0.2, 0.25) is 0 Å². The summed E-state index contributed by atoms with van der Waals surface area (Å²) in [7, 11) is 0. The molecule has 6 unspecified atom stereocenters. The Bertz CT molecular complexity index is 950. The zero-order chi connectivity index (χ0) is 24.4. The Balaban J connectivity index is 1.66. The molecule has 182 valence electrons. The van der Waals surface area contributed by atoms with Crippen molar-refractivity contribution in [1.29, 1.82) is 0 Å². The maximum atomic E-state index is 13.1. The van der Waals surface area contributed by atoms with Crippen molar-refractivity contribution >= 4 is 11.6 Å². The first-order chi connectivity index (χ1) is 15.3. The molecule has 4 aliphatic carbocycles. The van der Waals surface area contributed by atoms with Gasteiger partial charge in [0, 0.05) is 24.2 Å². The highest BCUT2D eigenvalue weighted by Crippen LogP contribution is 2.71. The summed E-state index contributed by atoms with van der Waals surface area (Å²) in [6, 6.07) is 0. The minimum absolute atomic E-state index is 0.0186. The molecule has 2 fully saturated rings. The van der Waals surface area contributed by atoms with Gasteiger partial charge < -0.3 is 5.11 Å². The summed E-state index contributed by atoms with van der Waals surface area (Å²) in [5, 5.41) is 9.28. The van der Waals surface area contributed by atoms with E-state index >= 15 is 0 Å². The number of rotatable bonds is 5. The fourth-order valence-electron chi connectivity index (χ4n) is 8.40. The number of hydrogen-bond acceptors (Lipinski definition) is 3. The molecule has 0 aromatic rings. The summed E-state index contributed by atoms with van der Waals surface area (Å²) in [5.41, 5.74) is 3.85. The lowest BCUT2D eigenvalue weighted by Crippen LogP contribution is -2.53. The molecular formula is C30H44O3. The number of carbonyl (C=O) groups excluding carboxylic acids is 2. The molecule has 0 heterocycles. The van der Waals surface area contributed by atoms with Crippen LogP contribution >= 0.6 is 0 Å². The molecule has 0 saturated heterocycles. The topological polar surface area (TPSA) is 54.4 Å². The van der Waals surface area contributed by atoms with Crippen molar-refractivity contribution in [2.75, 3.05) is 6.61 Å². The molecule has 0 bridgehead atoms. The molecule has 0 aromatic carbocycles. The van der Waals surface area contributed by atoms with E-state index in [1.54, 1.807) is 0 Å². The Hall–Kier alpha value is -1.48. The van der Waals surface area contributed by atoms with Crippen LogP contribution in [0.25, 0.3) is 0 Å². The van der Waals surface area contributed by atoms with Gasteiger partial charge in [0.1, 0.15) is 11.6 Å². The van der Waals surface area contributed by atoms with Crippen molar-refractivity contribution in [3.05, 3.63) is 34.9 Å². The number of Topliss-reactive ketones (excluding diaryl/α,β-unsaturated/α-hetero) is 2. The van der Waals surface area contributed by atoms with Crippen LogP contribution in [0, 0.1) is 39.4 Å². The number of carbonyl (C=O) groups is 2. The van der Waals surface area contributed by atoms with Gasteiger partial charge in [-0.1, -0.05) is 65.3 Å². The van der Waals surface area contributed by atoms with Crippen LogP contribution in [-0.4, -0.2) is 23.3 Å². The highest BCUT2D eigenvalue weighted by atomic mass is 16.3. The number of aliphatic hydroxyl groups excluding tert-OH is 1. The van der Waals surface area contributed by atoms with Crippen molar-refractivity contribution < 1.29 is 14.7 Å². The van der Waals surface area contributed by atoms with Crippen LogP contribution in [0.1, 0.15) is 93.4 Å². The molecule has 0 aromatic heterocycles. The average molecular weight is 453 g/mol. The van der Waals surface area contributed by atoms with Gasteiger partial charge in [0.15, 0.2) is 0 Å². The largest absolute Gasteiger partial charge is 0.392 e. The van der Waals surface area contributed by atoms with Gasteiger partial charge in [-0.25, -0.2) is 0 Å². The summed E-state index contributed by atoms with van der Waals surface area (Å²) in [4.78, 5) is 25.9. The van der Waals surface area contributed by atoms with Crippen LogP contribution in [0.4, 0.5) is 0 Å². The Morgan fingerprint density at radius 2 is 1.85 bits per heavy atom. The van der Waals surface area contributed by atoms with Gasteiger partial charge in [-0.05, 0) is 78.3 Å². The van der Waals surface area contributed by atoms with Crippen molar-refractivity contribution in [2.24, 2.45) is 39.4 Å². The number of ketones is 2. The SMILES string of the molecule is CC(=CCC(=O)C(C)C1CCC2(C)C3=CCC4C(C)(C)C(=O)CCC4(C)C3=CCC12C)CO. The lowest BCUT2D eigenvalue weighted by molar-refractivity contribution is -0.138. The van der Waals surface area contributed by atoms with Crippen LogP contribution in [0.3, 0.4) is 0 Å². The van der Waals surface area contributed by atoms with Crippen LogP contribution in [0.5, 0.6) is 0 Å². The monoisotopic (exact) mass is 452 g/mol. The normalized spacial score (nSPS) is 40.8. The van der Waals surface area contributed by atoms with Crippen molar-refractivity contribution in [1.82, 2.24) is 0 Å². The van der Waals surface area contributed by atoms with E-state index in [2.05, 4.69) is 53.7 Å². The molecule has 0 amide bonds. The van der Waals surface area contributed by atoms with Gasteiger partial charge in [0.25, 0.3) is 0 Å². The smallest absolute Gasteiger partial charge is 0.139 e. The second kappa shape index (κ2) is 8.04. The molecule has 1 N–H and O–H groups in total. The highest BCUT2D eigenvalue weighted by molar-refractivity contribution is 5.86. The first kappa shape index (κ1) is 24.6. The number of aliphatic hydroxyl groups is 1. The molecule has 4 aliphatic rings. The molecule has 3 nitrogen and oxygen atoms in total. The summed E-state index contributed by atoms with van der Waals surface area (Å²) in [6.07, 6.45) is 13.2. The second-order valence-corrected chi connectivity index (χ2v) is 12.9. The Morgan fingerprint density at radius 3 is 2.52 bits per heavy atom. The molecule has 0 spiro atoms. The van der Waals surface area contributed by atoms with Gasteiger partial charge >= 0.3 is 0 Å². The fourth-order valence-corrected chi connectivity index (χ4v) is 8.40.